The van der Waals surface area contributed by atoms with Gasteiger partial charge < -0.3 is 0 Å². The molecule has 0 atom stereocenters. The molecule has 0 nitrogen and oxygen atoms in total. The van der Waals surface area contributed by atoms with Crippen LogP contribution in [-0.2, 0) is 0 Å². The first kappa shape index (κ1) is 6.28. The summed E-state index contributed by atoms with van der Waals surface area (Å²) in [6, 6.07) is 4.08. The molecule has 44 valence electrons. The molecular formula is C8H9B. The van der Waals surface area contributed by atoms with E-state index in [2.05, 4.69) is 18.6 Å². The summed E-state index contributed by atoms with van der Waals surface area (Å²) in [4.78, 5) is 0. The third-order valence-electron chi connectivity index (χ3n) is 1.27. The average molecular weight is 116 g/mol. The van der Waals surface area contributed by atoms with E-state index in [0.29, 0.717) is 0 Å². The van der Waals surface area contributed by atoms with E-state index in [4.69, 9.17) is 0 Å². The fourth-order valence-corrected chi connectivity index (χ4v) is 0.723. The molecule has 0 bridgehead atoms. The molecule has 0 aromatic carbocycles. The predicted octanol–water partition coefficient (Wildman–Crippen LogP) is 2.06. The molecule has 0 unspecified atom stereocenters. The Morgan fingerprint density at radius 1 is 1.67 bits per heavy atom. The zero-order chi connectivity index (χ0) is 6.69. The van der Waals surface area contributed by atoms with Gasteiger partial charge in [-0.25, -0.2) is 0 Å². The number of hydrogen-bond acceptors (Lipinski definition) is 0. The van der Waals surface area contributed by atoms with Crippen molar-refractivity contribution in [2.45, 2.75) is 6.92 Å². The molecular weight excluding hydrogens is 107 g/mol. The van der Waals surface area contributed by atoms with Crippen molar-refractivity contribution in [2.75, 3.05) is 0 Å². The van der Waals surface area contributed by atoms with Crippen molar-refractivity contribution in [1.29, 1.82) is 0 Å². The van der Waals surface area contributed by atoms with Crippen LogP contribution in [0.2, 0.25) is 0 Å². The Hall–Kier alpha value is -0.845. The summed E-state index contributed by atoms with van der Waals surface area (Å²) in [5, 5.41) is 0. The summed E-state index contributed by atoms with van der Waals surface area (Å²) < 4.78 is 0. The van der Waals surface area contributed by atoms with E-state index in [0.717, 1.165) is 5.57 Å². The van der Waals surface area contributed by atoms with Crippen molar-refractivity contribution in [3.05, 3.63) is 36.2 Å². The molecule has 0 aliphatic rings. The van der Waals surface area contributed by atoms with Gasteiger partial charge >= 0.3 is 55.6 Å². The molecule has 9 heavy (non-hydrogen) atoms. The Balaban J connectivity index is 2.98. The Morgan fingerprint density at radius 2 is 2.44 bits per heavy atom. The van der Waals surface area contributed by atoms with Crippen LogP contribution >= 0.6 is 0 Å². The maximum atomic E-state index is 3.83. The second kappa shape index (κ2) is 2.63. The fourth-order valence-electron chi connectivity index (χ4n) is 0.723. The summed E-state index contributed by atoms with van der Waals surface area (Å²) >= 11 is 0. The molecule has 0 spiro atoms. The number of allylic oxidation sites excluding steroid dienone is 1. The molecule has 0 aliphatic carbocycles. The topological polar surface area (TPSA) is 0 Å². The van der Waals surface area contributed by atoms with Crippen molar-refractivity contribution in [3.8, 4) is 0 Å². The van der Waals surface area contributed by atoms with E-state index in [-0.39, 0.29) is 0 Å². The van der Waals surface area contributed by atoms with Gasteiger partial charge in [-0.05, 0) is 0 Å². The van der Waals surface area contributed by atoms with E-state index >= 15 is 0 Å². The van der Waals surface area contributed by atoms with Crippen molar-refractivity contribution >= 4 is 12.5 Å². The van der Waals surface area contributed by atoms with E-state index in [9.17, 15) is 0 Å². The zero-order valence-corrected chi connectivity index (χ0v) is 5.59. The average Bonchev–Trinajstić information content (AvgIpc) is 1.90. The molecule has 0 N–H and O–H groups in total. The summed E-state index contributed by atoms with van der Waals surface area (Å²) in [6.07, 6.45) is 0. The van der Waals surface area contributed by atoms with Crippen molar-refractivity contribution in [3.63, 3.8) is 0 Å². The normalized spacial score (nSPS) is 8.56. The predicted molar refractivity (Wildman–Crippen MR) is 42.5 cm³/mol. The Morgan fingerprint density at radius 3 is 2.78 bits per heavy atom. The summed E-state index contributed by atoms with van der Waals surface area (Å²) in [5.74, 6) is 4.06. The number of rotatable bonds is 1. The quantitative estimate of drug-likeness (QED) is 0.526. The van der Waals surface area contributed by atoms with E-state index in [1.165, 1.54) is 5.56 Å². The Kier molecular flexibility index (Phi) is 1.83. The summed E-state index contributed by atoms with van der Waals surface area (Å²) in [5.41, 5.74) is 2.34. The van der Waals surface area contributed by atoms with Crippen molar-refractivity contribution in [2.24, 2.45) is 0 Å². The van der Waals surface area contributed by atoms with E-state index in [1.54, 1.807) is 0 Å². The van der Waals surface area contributed by atoms with Crippen LogP contribution in [0, 0.1) is 0 Å². The van der Waals surface area contributed by atoms with Crippen LogP contribution < -0.4 is 0 Å². The van der Waals surface area contributed by atoms with Gasteiger partial charge in [0.05, 0.1) is 0 Å². The first-order chi connectivity index (χ1) is 4.30. The molecule has 1 heteroatoms. The first-order valence-electron chi connectivity index (χ1n) is 3.01. The molecule has 0 amide bonds. The van der Waals surface area contributed by atoms with Crippen LogP contribution in [-0.4, -0.2) is 6.91 Å². The number of hydrogen-bond donors (Lipinski definition) is 0. The first-order valence-corrected chi connectivity index (χ1v) is 3.01. The van der Waals surface area contributed by atoms with Crippen LogP contribution in [0.3, 0.4) is 0 Å². The maximum absolute atomic E-state index is 3.83. The van der Waals surface area contributed by atoms with Crippen LogP contribution in [0.1, 0.15) is 12.5 Å². The van der Waals surface area contributed by atoms with Gasteiger partial charge in [0.25, 0.3) is 0 Å². The minimum absolute atomic E-state index is 1.12. The van der Waals surface area contributed by atoms with Crippen LogP contribution in [0.15, 0.2) is 30.6 Å². The molecule has 0 aliphatic heterocycles. The molecule has 0 radical (unpaired) electrons. The third kappa shape index (κ3) is 1.53. The summed E-state index contributed by atoms with van der Waals surface area (Å²) in [7, 11) is 0. The Bertz CT molecular complexity index is 201. The molecule has 1 rings (SSSR count). The van der Waals surface area contributed by atoms with Crippen LogP contribution in [0.5, 0.6) is 0 Å². The second-order valence-electron chi connectivity index (χ2n) is 2.15. The van der Waals surface area contributed by atoms with Gasteiger partial charge in [-0.2, -0.15) is 0 Å². The molecule has 0 fully saturated rings. The van der Waals surface area contributed by atoms with Crippen molar-refractivity contribution < 1.29 is 0 Å². The SMILES string of the molecule is C=C(C)c1cbccc1. The van der Waals surface area contributed by atoms with Gasteiger partial charge in [0.15, 0.2) is 0 Å². The van der Waals surface area contributed by atoms with Gasteiger partial charge in [-0.15, -0.1) is 0 Å². The van der Waals surface area contributed by atoms with Gasteiger partial charge in [-0.3, -0.25) is 0 Å². The van der Waals surface area contributed by atoms with E-state index < -0.39 is 0 Å². The second-order valence-corrected chi connectivity index (χ2v) is 2.15. The Labute approximate surface area is 56.4 Å². The van der Waals surface area contributed by atoms with Gasteiger partial charge in [0, 0.05) is 0 Å². The molecule has 1 aromatic heterocycles. The molecule has 1 aromatic rings. The van der Waals surface area contributed by atoms with E-state index in [1.807, 2.05) is 25.9 Å². The van der Waals surface area contributed by atoms with Gasteiger partial charge in [0.1, 0.15) is 0 Å². The molecule has 0 saturated heterocycles. The standard InChI is InChI=1S/C8H9B/c1-7(2)8-4-3-5-9-6-8/h3-6H,1H2,2H3. The van der Waals surface area contributed by atoms with Crippen LogP contribution in [0.4, 0.5) is 0 Å². The van der Waals surface area contributed by atoms with Gasteiger partial charge in [-0.1, -0.05) is 0 Å². The van der Waals surface area contributed by atoms with Gasteiger partial charge in [0.2, 0.25) is 0 Å². The molecule has 0 saturated carbocycles. The summed E-state index contributed by atoms with van der Waals surface area (Å²) in [6.45, 7) is 7.85. The third-order valence-corrected chi connectivity index (χ3v) is 1.27. The molecule has 1 heterocycles. The monoisotopic (exact) mass is 116 g/mol. The van der Waals surface area contributed by atoms with Crippen LogP contribution in [0.25, 0.3) is 5.57 Å². The zero-order valence-electron chi connectivity index (χ0n) is 5.59. The minimum atomic E-state index is 1.12. The van der Waals surface area contributed by atoms with Crippen molar-refractivity contribution in [1.82, 2.24) is 0 Å². The fraction of sp³-hybridized carbons (Fsp3) is 0.125.